The Morgan fingerprint density at radius 3 is 2.78 bits per heavy atom. The molecule has 0 unspecified atom stereocenters. The van der Waals surface area contributed by atoms with Crippen LogP contribution in [-0.4, -0.2) is 28.8 Å². The molecule has 0 radical (unpaired) electrons. The first-order chi connectivity index (χ1) is 11.1. The number of carbonyl (C=O) groups is 1. The van der Waals surface area contributed by atoms with Gasteiger partial charge in [0, 0.05) is 19.0 Å². The van der Waals surface area contributed by atoms with Gasteiger partial charge in [0.1, 0.15) is 17.1 Å². The maximum atomic E-state index is 12.4. The second-order valence-electron chi connectivity index (χ2n) is 5.81. The van der Waals surface area contributed by atoms with Crippen LogP contribution in [0.25, 0.3) is 0 Å². The number of anilines is 1. The summed E-state index contributed by atoms with van der Waals surface area (Å²) < 4.78 is 6.96. The molecule has 1 saturated heterocycles. The third-order valence-electron chi connectivity index (χ3n) is 4.20. The van der Waals surface area contributed by atoms with Crippen LogP contribution < -0.4 is 16.3 Å². The van der Waals surface area contributed by atoms with Crippen LogP contribution in [0.4, 0.5) is 5.82 Å². The molecule has 3 rings (SSSR count). The van der Waals surface area contributed by atoms with E-state index in [1.807, 2.05) is 6.07 Å². The number of rotatable bonds is 3. The van der Waals surface area contributed by atoms with Gasteiger partial charge in [-0.1, -0.05) is 0 Å². The third kappa shape index (κ3) is 3.19. The fraction of sp³-hybridized carbons (Fsp3) is 0.438. The van der Waals surface area contributed by atoms with Gasteiger partial charge in [-0.15, -0.1) is 0 Å². The lowest BCUT2D eigenvalue weighted by atomic mass is 9.94. The van der Waals surface area contributed by atoms with E-state index in [9.17, 15) is 9.59 Å². The van der Waals surface area contributed by atoms with E-state index in [1.54, 1.807) is 26.2 Å². The molecule has 2 aromatic heterocycles. The molecule has 1 aliphatic rings. The van der Waals surface area contributed by atoms with Crippen molar-refractivity contribution in [1.29, 1.82) is 0 Å². The molecule has 0 bridgehead atoms. The first kappa shape index (κ1) is 15.5. The van der Waals surface area contributed by atoms with E-state index in [-0.39, 0.29) is 11.5 Å². The lowest BCUT2D eigenvalue weighted by molar-refractivity contribution is 0.102. The molecule has 1 amide bonds. The zero-order chi connectivity index (χ0) is 16.4. The van der Waals surface area contributed by atoms with Crippen molar-refractivity contribution in [2.75, 3.05) is 18.4 Å². The maximum Gasteiger partial charge on any atom is 0.349 e. The molecule has 0 saturated carbocycles. The van der Waals surface area contributed by atoms with Gasteiger partial charge >= 0.3 is 5.63 Å². The Bertz CT molecular complexity index is 772. The summed E-state index contributed by atoms with van der Waals surface area (Å²) in [6.45, 7) is 3.59. The summed E-state index contributed by atoms with van der Waals surface area (Å²) in [6.07, 6.45) is 3.44. The zero-order valence-electron chi connectivity index (χ0n) is 13.3. The van der Waals surface area contributed by atoms with Gasteiger partial charge in [-0.2, -0.15) is 5.10 Å². The van der Waals surface area contributed by atoms with Gasteiger partial charge in [-0.05, 0) is 44.5 Å². The minimum atomic E-state index is -0.585. The minimum Gasteiger partial charge on any atom is -0.427 e. The summed E-state index contributed by atoms with van der Waals surface area (Å²) in [5.74, 6) is 0.955. The van der Waals surface area contributed by atoms with Crippen molar-refractivity contribution in [2.45, 2.75) is 25.7 Å². The standard InChI is InChI=1S/C16H20N4O3/c1-10-9-12(11-3-6-17-7-4-11)23-16(22)14(10)15(21)19-13-5-8-18-20(13)2/h5,8-9,11,17H,3-4,6-7H2,1-2H3,(H,19,21). The van der Waals surface area contributed by atoms with Gasteiger partial charge in [0.2, 0.25) is 0 Å². The van der Waals surface area contributed by atoms with Crippen LogP contribution in [0.5, 0.6) is 0 Å². The first-order valence-corrected chi connectivity index (χ1v) is 7.71. The number of aromatic nitrogens is 2. The number of aryl methyl sites for hydroxylation is 2. The maximum absolute atomic E-state index is 12.4. The van der Waals surface area contributed by atoms with E-state index in [0.29, 0.717) is 17.1 Å². The first-order valence-electron chi connectivity index (χ1n) is 7.71. The Morgan fingerprint density at radius 1 is 1.43 bits per heavy atom. The smallest absolute Gasteiger partial charge is 0.349 e. The van der Waals surface area contributed by atoms with Crippen LogP contribution in [0.2, 0.25) is 0 Å². The molecule has 0 atom stereocenters. The Morgan fingerprint density at radius 2 is 2.17 bits per heavy atom. The van der Waals surface area contributed by atoms with Gasteiger partial charge in [0.25, 0.3) is 5.91 Å². The largest absolute Gasteiger partial charge is 0.427 e. The average Bonchev–Trinajstić information content (AvgIpc) is 2.92. The summed E-state index contributed by atoms with van der Waals surface area (Å²) in [4.78, 5) is 24.7. The SMILES string of the molecule is Cc1cc(C2CCNCC2)oc(=O)c1C(=O)Nc1ccnn1C. The fourth-order valence-electron chi connectivity index (χ4n) is 2.89. The number of piperidine rings is 1. The Balaban J connectivity index is 1.86. The highest BCUT2D eigenvalue weighted by Crippen LogP contribution is 2.25. The Labute approximate surface area is 133 Å². The van der Waals surface area contributed by atoms with E-state index >= 15 is 0 Å². The monoisotopic (exact) mass is 316 g/mol. The van der Waals surface area contributed by atoms with Crippen molar-refractivity contribution in [1.82, 2.24) is 15.1 Å². The molecule has 2 aromatic rings. The molecule has 0 aliphatic carbocycles. The molecule has 2 N–H and O–H groups in total. The number of amides is 1. The number of hydrogen-bond donors (Lipinski definition) is 2. The van der Waals surface area contributed by atoms with Crippen LogP contribution in [-0.2, 0) is 7.05 Å². The highest BCUT2D eigenvalue weighted by atomic mass is 16.4. The van der Waals surface area contributed by atoms with Gasteiger partial charge in [0.05, 0.1) is 6.20 Å². The number of nitrogens with one attached hydrogen (secondary N) is 2. The highest BCUT2D eigenvalue weighted by Gasteiger charge is 2.22. The molecular weight excluding hydrogens is 296 g/mol. The van der Waals surface area contributed by atoms with Gasteiger partial charge in [-0.3, -0.25) is 9.48 Å². The Kier molecular flexibility index (Phi) is 4.29. The normalized spacial score (nSPS) is 15.6. The average molecular weight is 316 g/mol. The van der Waals surface area contributed by atoms with Crippen molar-refractivity contribution >= 4 is 11.7 Å². The van der Waals surface area contributed by atoms with E-state index in [0.717, 1.165) is 25.9 Å². The zero-order valence-corrected chi connectivity index (χ0v) is 13.3. The molecule has 1 fully saturated rings. The van der Waals surface area contributed by atoms with E-state index in [2.05, 4.69) is 15.7 Å². The number of hydrogen-bond acceptors (Lipinski definition) is 5. The van der Waals surface area contributed by atoms with Crippen LogP contribution in [0.3, 0.4) is 0 Å². The Hall–Kier alpha value is -2.41. The highest BCUT2D eigenvalue weighted by molar-refractivity contribution is 6.04. The predicted molar refractivity (Wildman–Crippen MR) is 85.7 cm³/mol. The molecule has 122 valence electrons. The summed E-state index contributed by atoms with van der Waals surface area (Å²) in [7, 11) is 1.71. The summed E-state index contributed by atoms with van der Waals surface area (Å²) >= 11 is 0. The molecule has 23 heavy (non-hydrogen) atoms. The number of nitrogens with zero attached hydrogens (tertiary/aromatic N) is 2. The second-order valence-corrected chi connectivity index (χ2v) is 5.81. The summed E-state index contributed by atoms with van der Waals surface area (Å²) in [5, 5.41) is 9.94. The summed E-state index contributed by atoms with van der Waals surface area (Å²) in [5.41, 5.74) is 0.0940. The van der Waals surface area contributed by atoms with Gasteiger partial charge < -0.3 is 15.1 Å². The summed E-state index contributed by atoms with van der Waals surface area (Å²) in [6, 6.07) is 3.48. The van der Waals surface area contributed by atoms with E-state index in [1.165, 1.54) is 4.68 Å². The molecule has 3 heterocycles. The van der Waals surface area contributed by atoms with Crippen molar-refractivity contribution in [3.05, 3.63) is 45.6 Å². The molecule has 0 aromatic carbocycles. The van der Waals surface area contributed by atoms with E-state index < -0.39 is 11.5 Å². The molecule has 7 heteroatoms. The predicted octanol–water partition coefficient (Wildman–Crippen LogP) is 1.40. The topological polar surface area (TPSA) is 89.2 Å². The quantitative estimate of drug-likeness (QED) is 0.893. The third-order valence-corrected chi connectivity index (χ3v) is 4.20. The van der Waals surface area contributed by atoms with Crippen LogP contribution in [0, 0.1) is 6.92 Å². The molecule has 1 aliphatic heterocycles. The second kappa shape index (κ2) is 6.37. The molecule has 0 spiro atoms. The van der Waals surface area contributed by atoms with Crippen molar-refractivity contribution < 1.29 is 9.21 Å². The van der Waals surface area contributed by atoms with Gasteiger partial charge in [0.15, 0.2) is 0 Å². The van der Waals surface area contributed by atoms with Crippen molar-refractivity contribution in [2.24, 2.45) is 7.05 Å². The fourth-order valence-corrected chi connectivity index (χ4v) is 2.89. The van der Waals surface area contributed by atoms with Crippen LogP contribution in [0.15, 0.2) is 27.5 Å². The lowest BCUT2D eigenvalue weighted by Crippen LogP contribution is -2.28. The van der Waals surface area contributed by atoms with Crippen molar-refractivity contribution in [3.63, 3.8) is 0 Å². The van der Waals surface area contributed by atoms with Crippen LogP contribution in [0.1, 0.15) is 40.4 Å². The number of carbonyl (C=O) groups excluding carboxylic acids is 1. The van der Waals surface area contributed by atoms with Crippen molar-refractivity contribution in [3.8, 4) is 0 Å². The minimum absolute atomic E-state index is 0.0453. The van der Waals surface area contributed by atoms with Crippen LogP contribution >= 0.6 is 0 Å². The lowest BCUT2D eigenvalue weighted by Gasteiger charge is -2.21. The van der Waals surface area contributed by atoms with E-state index in [4.69, 9.17) is 4.42 Å². The molecular formula is C16H20N4O3. The molecule has 7 nitrogen and oxygen atoms in total. The van der Waals surface area contributed by atoms with Gasteiger partial charge in [-0.25, -0.2) is 4.79 Å².